The highest BCUT2D eigenvalue weighted by Gasteiger charge is 2.28. The Labute approximate surface area is 119 Å². The number of nitrogens with zero attached hydrogens (tertiary/aromatic N) is 3. The molecule has 1 aliphatic heterocycles. The molecule has 1 amide bonds. The highest BCUT2D eigenvalue weighted by molar-refractivity contribution is 5.95. The van der Waals surface area contributed by atoms with Gasteiger partial charge in [-0.05, 0) is 33.7 Å². The van der Waals surface area contributed by atoms with Crippen LogP contribution < -0.4 is 5.73 Å². The zero-order chi connectivity index (χ0) is 14.7. The van der Waals surface area contributed by atoms with Gasteiger partial charge in [-0.15, -0.1) is 0 Å². The van der Waals surface area contributed by atoms with Crippen LogP contribution in [0.5, 0.6) is 0 Å². The van der Waals surface area contributed by atoms with Gasteiger partial charge in [-0.3, -0.25) is 9.48 Å². The molecule has 0 saturated carbocycles. The molecule has 1 fully saturated rings. The van der Waals surface area contributed by atoms with Gasteiger partial charge in [-0.25, -0.2) is 0 Å². The summed E-state index contributed by atoms with van der Waals surface area (Å²) in [5.74, 6) is 0.0449. The van der Waals surface area contributed by atoms with Crippen LogP contribution in [0.15, 0.2) is 6.20 Å². The third-order valence-corrected chi connectivity index (χ3v) is 3.61. The number of rotatable bonds is 4. The van der Waals surface area contributed by atoms with Crippen molar-refractivity contribution in [2.45, 2.75) is 45.9 Å². The molecule has 0 aromatic carbocycles. The van der Waals surface area contributed by atoms with E-state index in [0.717, 1.165) is 18.7 Å². The predicted molar refractivity (Wildman–Crippen MR) is 76.5 cm³/mol. The number of hydrogen-bond donors (Lipinski definition) is 1. The fourth-order valence-corrected chi connectivity index (χ4v) is 2.64. The van der Waals surface area contributed by atoms with Crippen molar-refractivity contribution in [3.63, 3.8) is 0 Å². The molecule has 1 aromatic heterocycles. The molecule has 1 saturated heterocycles. The van der Waals surface area contributed by atoms with Crippen LogP contribution in [0, 0.1) is 6.92 Å². The van der Waals surface area contributed by atoms with Gasteiger partial charge in [-0.2, -0.15) is 5.10 Å². The minimum Gasteiger partial charge on any atom is -0.372 e. The first-order valence-electron chi connectivity index (χ1n) is 7.20. The van der Waals surface area contributed by atoms with Crippen LogP contribution in [0.2, 0.25) is 0 Å². The number of aryl methyl sites for hydroxylation is 1. The van der Waals surface area contributed by atoms with Gasteiger partial charge in [0.2, 0.25) is 0 Å². The number of hydrogen-bond acceptors (Lipinski definition) is 4. The van der Waals surface area contributed by atoms with Gasteiger partial charge in [0, 0.05) is 25.3 Å². The number of carbonyl (C=O) groups is 1. The Bertz CT molecular complexity index is 462. The number of amides is 1. The van der Waals surface area contributed by atoms with Gasteiger partial charge in [-0.1, -0.05) is 0 Å². The minimum atomic E-state index is 0.0449. The van der Waals surface area contributed by atoms with Gasteiger partial charge >= 0.3 is 0 Å². The predicted octanol–water partition coefficient (Wildman–Crippen LogP) is 0.790. The summed E-state index contributed by atoms with van der Waals surface area (Å²) in [6.45, 7) is 8.57. The van der Waals surface area contributed by atoms with Crippen LogP contribution in [0.1, 0.15) is 36.3 Å². The smallest absolute Gasteiger partial charge is 0.257 e. The summed E-state index contributed by atoms with van der Waals surface area (Å²) in [7, 11) is 0. The molecule has 6 heteroatoms. The first kappa shape index (κ1) is 15.0. The van der Waals surface area contributed by atoms with Gasteiger partial charge in [0.15, 0.2) is 0 Å². The zero-order valence-electron chi connectivity index (χ0n) is 12.5. The third kappa shape index (κ3) is 3.19. The quantitative estimate of drug-likeness (QED) is 0.885. The summed E-state index contributed by atoms with van der Waals surface area (Å²) < 4.78 is 7.52. The second kappa shape index (κ2) is 6.37. The van der Waals surface area contributed by atoms with Crippen LogP contribution in [-0.2, 0) is 11.3 Å². The van der Waals surface area contributed by atoms with Gasteiger partial charge in [0.05, 0.1) is 24.0 Å². The van der Waals surface area contributed by atoms with Crippen LogP contribution in [0.4, 0.5) is 0 Å². The molecule has 20 heavy (non-hydrogen) atoms. The number of aromatic nitrogens is 2. The molecule has 112 valence electrons. The van der Waals surface area contributed by atoms with Crippen molar-refractivity contribution in [2.24, 2.45) is 5.73 Å². The van der Waals surface area contributed by atoms with E-state index in [1.165, 1.54) is 0 Å². The second-order valence-electron chi connectivity index (χ2n) is 5.48. The first-order chi connectivity index (χ1) is 9.52. The van der Waals surface area contributed by atoms with E-state index in [2.05, 4.69) is 5.10 Å². The van der Waals surface area contributed by atoms with E-state index in [1.54, 1.807) is 6.20 Å². The molecule has 0 radical (unpaired) electrons. The number of carbonyl (C=O) groups excluding carboxylic acids is 1. The van der Waals surface area contributed by atoms with Crippen LogP contribution in [-0.4, -0.2) is 52.4 Å². The monoisotopic (exact) mass is 280 g/mol. The Morgan fingerprint density at radius 2 is 2.10 bits per heavy atom. The lowest BCUT2D eigenvalue weighted by molar-refractivity contribution is -0.0586. The van der Waals surface area contributed by atoms with E-state index < -0.39 is 0 Å². The molecule has 2 N–H and O–H groups in total. The summed E-state index contributed by atoms with van der Waals surface area (Å²) in [6, 6.07) is 0. The Hall–Kier alpha value is -1.40. The highest BCUT2D eigenvalue weighted by atomic mass is 16.5. The fourth-order valence-electron chi connectivity index (χ4n) is 2.64. The van der Waals surface area contributed by atoms with E-state index in [-0.39, 0.29) is 18.1 Å². The number of ether oxygens (including phenoxy) is 1. The van der Waals surface area contributed by atoms with E-state index in [4.69, 9.17) is 10.5 Å². The molecular weight excluding hydrogens is 256 g/mol. The molecule has 0 bridgehead atoms. The second-order valence-corrected chi connectivity index (χ2v) is 5.48. The Balaban J connectivity index is 2.10. The van der Waals surface area contributed by atoms with Crippen molar-refractivity contribution in [1.82, 2.24) is 14.7 Å². The molecule has 1 aliphatic rings. The zero-order valence-corrected chi connectivity index (χ0v) is 12.5. The topological polar surface area (TPSA) is 73.4 Å². The average molecular weight is 280 g/mol. The van der Waals surface area contributed by atoms with E-state index in [0.29, 0.717) is 25.2 Å². The normalized spacial score (nSPS) is 23.1. The number of morpholine rings is 1. The summed E-state index contributed by atoms with van der Waals surface area (Å²) in [4.78, 5) is 14.4. The SMILES string of the molecule is Cc1c(C(=O)N2C[C@@H](C)O[C@@H](C)C2)cnn1CCCN. The average Bonchev–Trinajstić information content (AvgIpc) is 2.75. The van der Waals surface area contributed by atoms with Crippen LogP contribution >= 0.6 is 0 Å². The van der Waals surface area contributed by atoms with Crippen LogP contribution in [0.25, 0.3) is 0 Å². The van der Waals surface area contributed by atoms with Crippen molar-refractivity contribution < 1.29 is 9.53 Å². The van der Waals surface area contributed by atoms with E-state index in [1.807, 2.05) is 30.4 Å². The summed E-state index contributed by atoms with van der Waals surface area (Å²) in [5, 5.41) is 4.29. The maximum atomic E-state index is 12.6. The Morgan fingerprint density at radius 3 is 2.70 bits per heavy atom. The van der Waals surface area contributed by atoms with Gasteiger partial charge in [0.25, 0.3) is 5.91 Å². The third-order valence-electron chi connectivity index (χ3n) is 3.61. The molecule has 0 unspecified atom stereocenters. The Morgan fingerprint density at radius 1 is 1.45 bits per heavy atom. The van der Waals surface area contributed by atoms with Crippen molar-refractivity contribution in [3.05, 3.63) is 17.5 Å². The summed E-state index contributed by atoms with van der Waals surface area (Å²) in [5.41, 5.74) is 7.11. The van der Waals surface area contributed by atoms with E-state index >= 15 is 0 Å². The van der Waals surface area contributed by atoms with Crippen molar-refractivity contribution in [1.29, 1.82) is 0 Å². The maximum Gasteiger partial charge on any atom is 0.257 e. The minimum absolute atomic E-state index is 0.0449. The molecule has 6 nitrogen and oxygen atoms in total. The van der Waals surface area contributed by atoms with Crippen molar-refractivity contribution in [3.8, 4) is 0 Å². The maximum absolute atomic E-state index is 12.6. The molecular formula is C14H24N4O2. The fraction of sp³-hybridized carbons (Fsp3) is 0.714. The van der Waals surface area contributed by atoms with Crippen LogP contribution in [0.3, 0.4) is 0 Å². The first-order valence-corrected chi connectivity index (χ1v) is 7.20. The number of nitrogens with two attached hydrogens (primary N) is 1. The lowest BCUT2D eigenvalue weighted by Crippen LogP contribution is -2.48. The summed E-state index contributed by atoms with van der Waals surface area (Å²) >= 11 is 0. The largest absolute Gasteiger partial charge is 0.372 e. The lowest BCUT2D eigenvalue weighted by Gasteiger charge is -2.35. The van der Waals surface area contributed by atoms with Crippen molar-refractivity contribution in [2.75, 3.05) is 19.6 Å². The lowest BCUT2D eigenvalue weighted by atomic mass is 10.1. The van der Waals surface area contributed by atoms with Gasteiger partial charge in [0.1, 0.15) is 0 Å². The Kier molecular flexibility index (Phi) is 4.77. The molecule has 2 atom stereocenters. The highest BCUT2D eigenvalue weighted by Crippen LogP contribution is 2.16. The van der Waals surface area contributed by atoms with Crippen molar-refractivity contribution >= 4 is 5.91 Å². The molecule has 1 aromatic rings. The molecule has 0 aliphatic carbocycles. The summed E-state index contributed by atoms with van der Waals surface area (Å²) in [6.07, 6.45) is 2.69. The van der Waals surface area contributed by atoms with E-state index in [9.17, 15) is 4.79 Å². The molecule has 0 spiro atoms. The molecule has 2 heterocycles. The van der Waals surface area contributed by atoms with Gasteiger partial charge < -0.3 is 15.4 Å². The molecule has 2 rings (SSSR count). The standard InChI is InChI=1S/C14H24N4O2/c1-10-8-17(9-11(2)20-10)14(19)13-7-16-18(12(13)3)6-4-5-15/h7,10-11H,4-6,8-9,15H2,1-3H3/t10-,11+.